The Hall–Kier alpha value is -2.08. The lowest BCUT2D eigenvalue weighted by Crippen LogP contribution is -2.46. The summed E-state index contributed by atoms with van der Waals surface area (Å²) in [6.45, 7) is 9.85. The van der Waals surface area contributed by atoms with Crippen molar-refractivity contribution in [3.05, 3.63) is 58.3 Å². The molecule has 0 fully saturated rings. The van der Waals surface area contributed by atoms with Gasteiger partial charge in [0.05, 0.1) is 13.1 Å². The number of nitrogens with zero attached hydrogens (tertiary/aromatic N) is 3. The van der Waals surface area contributed by atoms with Crippen molar-refractivity contribution < 1.29 is 9.59 Å². The Kier molecular flexibility index (Phi) is 9.63. The Morgan fingerprint density at radius 1 is 1.13 bits per heavy atom. The van der Waals surface area contributed by atoms with E-state index >= 15 is 0 Å². The van der Waals surface area contributed by atoms with E-state index in [1.165, 1.54) is 5.56 Å². The smallest absolute Gasteiger partial charge is 0.242 e. The number of rotatable bonds is 11. The van der Waals surface area contributed by atoms with Crippen molar-refractivity contribution in [2.45, 2.75) is 66.1 Å². The summed E-state index contributed by atoms with van der Waals surface area (Å²) >= 11 is 3.48. The van der Waals surface area contributed by atoms with Crippen molar-refractivity contribution in [1.29, 1.82) is 0 Å². The van der Waals surface area contributed by atoms with Crippen LogP contribution < -0.4 is 0 Å². The minimum absolute atomic E-state index is 0.00958. The van der Waals surface area contributed by atoms with E-state index in [1.54, 1.807) is 11.8 Å². The first kappa shape index (κ1) is 24.2. The predicted molar refractivity (Wildman–Crippen MR) is 125 cm³/mol. The van der Waals surface area contributed by atoms with Crippen LogP contribution in [0.25, 0.3) is 0 Å². The summed E-state index contributed by atoms with van der Waals surface area (Å²) in [4.78, 5) is 28.8. The summed E-state index contributed by atoms with van der Waals surface area (Å²) in [5, 5.41) is 0. The number of carbonyl (C=O) groups is 2. The minimum Gasteiger partial charge on any atom is -0.345 e. The van der Waals surface area contributed by atoms with Crippen LogP contribution in [0.2, 0.25) is 0 Å². The quantitative estimate of drug-likeness (QED) is 0.455. The number of hydrogen-bond acceptors (Lipinski definition) is 2. The molecule has 0 N–H and O–H groups in total. The monoisotopic (exact) mass is 475 g/mol. The maximum absolute atomic E-state index is 13.1. The fourth-order valence-electron chi connectivity index (χ4n) is 3.41. The van der Waals surface area contributed by atoms with Crippen molar-refractivity contribution in [2.24, 2.45) is 0 Å². The van der Waals surface area contributed by atoms with Crippen LogP contribution in [0.4, 0.5) is 0 Å². The van der Waals surface area contributed by atoms with Crippen LogP contribution >= 0.6 is 15.9 Å². The van der Waals surface area contributed by atoms with E-state index in [0.29, 0.717) is 13.1 Å². The normalized spacial score (nSPS) is 11.9. The van der Waals surface area contributed by atoms with E-state index in [1.807, 2.05) is 36.9 Å². The van der Waals surface area contributed by atoms with Gasteiger partial charge in [-0.1, -0.05) is 48.3 Å². The minimum atomic E-state index is -0.0493. The number of benzene rings is 1. The first-order valence-corrected chi connectivity index (χ1v) is 11.6. The summed E-state index contributed by atoms with van der Waals surface area (Å²) < 4.78 is 3.25. The molecule has 1 unspecified atom stereocenters. The average Bonchev–Trinajstić information content (AvgIpc) is 3.16. The number of carbonyl (C=O) groups excluding carboxylic acids is 2. The highest BCUT2D eigenvalue weighted by Gasteiger charge is 2.23. The highest BCUT2D eigenvalue weighted by atomic mass is 79.9. The number of aromatic nitrogens is 1. The van der Waals surface area contributed by atoms with Crippen LogP contribution in [0.1, 0.15) is 58.2 Å². The second kappa shape index (κ2) is 11.9. The van der Waals surface area contributed by atoms with Crippen LogP contribution in [-0.4, -0.2) is 45.3 Å². The molecule has 2 rings (SSSR count). The van der Waals surface area contributed by atoms with E-state index in [-0.39, 0.29) is 24.4 Å². The van der Waals surface area contributed by atoms with E-state index < -0.39 is 0 Å². The van der Waals surface area contributed by atoms with Gasteiger partial charge in [-0.05, 0) is 49.6 Å². The summed E-state index contributed by atoms with van der Waals surface area (Å²) in [6.07, 6.45) is 4.85. The molecule has 1 atom stereocenters. The van der Waals surface area contributed by atoms with Crippen LogP contribution in [-0.2, 0) is 22.7 Å². The third-order valence-corrected chi connectivity index (χ3v) is 6.04. The van der Waals surface area contributed by atoms with Crippen molar-refractivity contribution in [1.82, 2.24) is 14.4 Å². The molecule has 0 aliphatic heterocycles. The standard InChI is InChI=1S/C24H34BrN3O2/c1-5-7-14-27(24(30)18-28(20(4)29)19(3)6-2)17-23-9-8-15-26(23)16-21-10-12-22(25)13-11-21/h8-13,15,19H,5-7,14,16-18H2,1-4H3. The fraction of sp³-hybridized carbons (Fsp3) is 0.500. The second-order valence-electron chi connectivity index (χ2n) is 7.83. The molecule has 6 heteroatoms. The Morgan fingerprint density at radius 2 is 1.83 bits per heavy atom. The SMILES string of the molecule is CCCCN(Cc1cccn1Cc1ccc(Br)cc1)C(=O)CN(C(C)=O)C(C)CC. The molecule has 164 valence electrons. The third kappa shape index (κ3) is 7.01. The highest BCUT2D eigenvalue weighted by molar-refractivity contribution is 9.10. The van der Waals surface area contributed by atoms with Crippen molar-refractivity contribution in [3.63, 3.8) is 0 Å². The lowest BCUT2D eigenvalue weighted by Gasteiger charge is -2.30. The zero-order valence-electron chi connectivity index (χ0n) is 18.6. The molecule has 0 spiro atoms. The van der Waals surface area contributed by atoms with Gasteiger partial charge >= 0.3 is 0 Å². The molecule has 0 bridgehead atoms. The molecule has 5 nitrogen and oxygen atoms in total. The number of unbranched alkanes of at least 4 members (excludes halogenated alkanes) is 1. The van der Waals surface area contributed by atoms with Crippen LogP contribution in [0.3, 0.4) is 0 Å². The van der Waals surface area contributed by atoms with Gasteiger partial charge in [0.1, 0.15) is 0 Å². The number of halogens is 1. The van der Waals surface area contributed by atoms with Crippen molar-refractivity contribution in [3.8, 4) is 0 Å². The van der Waals surface area contributed by atoms with Crippen LogP contribution in [0.15, 0.2) is 47.1 Å². The van der Waals surface area contributed by atoms with E-state index in [0.717, 1.165) is 36.0 Å². The maximum atomic E-state index is 13.1. The van der Waals surface area contributed by atoms with E-state index in [4.69, 9.17) is 0 Å². The van der Waals surface area contributed by atoms with Crippen LogP contribution in [0.5, 0.6) is 0 Å². The lowest BCUT2D eigenvalue weighted by molar-refractivity contribution is -0.141. The molecule has 1 aromatic heterocycles. The molecule has 2 amide bonds. The summed E-state index contributed by atoms with van der Waals surface area (Å²) in [5.74, 6) is -0.0397. The van der Waals surface area contributed by atoms with Gasteiger partial charge in [-0.15, -0.1) is 0 Å². The second-order valence-corrected chi connectivity index (χ2v) is 8.74. The molecular weight excluding hydrogens is 442 g/mol. The van der Waals surface area contributed by atoms with Gasteiger partial charge in [-0.25, -0.2) is 0 Å². The van der Waals surface area contributed by atoms with Gasteiger partial charge in [-0.2, -0.15) is 0 Å². The topological polar surface area (TPSA) is 45.6 Å². The lowest BCUT2D eigenvalue weighted by atomic mass is 10.2. The molecular formula is C24H34BrN3O2. The van der Waals surface area contributed by atoms with Gasteiger partial charge in [0.15, 0.2) is 0 Å². The average molecular weight is 476 g/mol. The Bertz CT molecular complexity index is 816. The first-order valence-electron chi connectivity index (χ1n) is 10.8. The molecule has 0 saturated carbocycles. The number of hydrogen-bond donors (Lipinski definition) is 0. The molecule has 1 heterocycles. The van der Waals surface area contributed by atoms with Gasteiger partial charge in [0, 0.05) is 42.4 Å². The molecule has 30 heavy (non-hydrogen) atoms. The molecule has 0 radical (unpaired) electrons. The Labute approximate surface area is 189 Å². The van der Waals surface area contributed by atoms with Crippen molar-refractivity contribution in [2.75, 3.05) is 13.1 Å². The maximum Gasteiger partial charge on any atom is 0.242 e. The molecule has 1 aromatic carbocycles. The molecule has 0 aliphatic rings. The summed E-state index contributed by atoms with van der Waals surface area (Å²) in [5.41, 5.74) is 2.31. The van der Waals surface area contributed by atoms with Gasteiger partial charge in [0.25, 0.3) is 0 Å². The predicted octanol–water partition coefficient (Wildman–Crippen LogP) is 5.07. The highest BCUT2D eigenvalue weighted by Crippen LogP contribution is 2.15. The fourth-order valence-corrected chi connectivity index (χ4v) is 3.68. The zero-order valence-corrected chi connectivity index (χ0v) is 20.2. The van der Waals surface area contributed by atoms with Gasteiger partial charge in [0.2, 0.25) is 11.8 Å². The Balaban J connectivity index is 2.14. The Morgan fingerprint density at radius 3 is 2.43 bits per heavy atom. The largest absolute Gasteiger partial charge is 0.345 e. The molecule has 0 aliphatic carbocycles. The van der Waals surface area contributed by atoms with Gasteiger partial charge < -0.3 is 14.4 Å². The number of amides is 2. The third-order valence-electron chi connectivity index (χ3n) is 5.51. The van der Waals surface area contributed by atoms with Crippen LogP contribution in [0, 0.1) is 0 Å². The van der Waals surface area contributed by atoms with Crippen molar-refractivity contribution >= 4 is 27.7 Å². The summed E-state index contributed by atoms with van der Waals surface area (Å²) in [6, 6.07) is 12.4. The van der Waals surface area contributed by atoms with Gasteiger partial charge in [-0.3, -0.25) is 9.59 Å². The van der Waals surface area contributed by atoms with E-state index in [2.05, 4.69) is 51.8 Å². The van der Waals surface area contributed by atoms with E-state index in [9.17, 15) is 9.59 Å². The zero-order chi connectivity index (χ0) is 22.1. The first-order chi connectivity index (χ1) is 14.3. The summed E-state index contributed by atoms with van der Waals surface area (Å²) in [7, 11) is 0. The molecule has 0 saturated heterocycles. The molecule has 2 aromatic rings.